The lowest BCUT2D eigenvalue weighted by Crippen LogP contribution is -2.41. The number of benzene rings is 1. The molecule has 0 radical (unpaired) electrons. The molecule has 8 nitrogen and oxygen atoms in total. The van der Waals surface area contributed by atoms with Gasteiger partial charge >= 0.3 is 0 Å². The van der Waals surface area contributed by atoms with Crippen LogP contribution in [-0.2, 0) is 16.8 Å². The number of hydrogen-bond acceptors (Lipinski definition) is 6. The van der Waals surface area contributed by atoms with Gasteiger partial charge < -0.3 is 9.72 Å². The van der Waals surface area contributed by atoms with Gasteiger partial charge in [0, 0.05) is 25.3 Å². The highest BCUT2D eigenvalue weighted by molar-refractivity contribution is 5.82. The number of H-pyrrole nitrogens is 1. The second-order valence-corrected chi connectivity index (χ2v) is 11.0. The molecule has 34 heavy (non-hydrogen) atoms. The standard InChI is InChI=1S/C26H38N6O2/c1-16(2)23(24-28-29-30-32(24)26(5,6)7)31(15-21-9-8-10-34-21)14-20-13-19-12-17(3)11-18(4)22(19)27-25(20)33/h11-13,16,21,23H,8-10,14-15H2,1-7H3,(H,27,33)/t21-,23+/m1/s1. The average molecular weight is 467 g/mol. The van der Waals surface area contributed by atoms with Gasteiger partial charge in [0.2, 0.25) is 0 Å². The summed E-state index contributed by atoms with van der Waals surface area (Å²) in [6, 6.07) is 6.21. The number of aromatic nitrogens is 5. The van der Waals surface area contributed by atoms with Crippen molar-refractivity contribution >= 4 is 10.9 Å². The van der Waals surface area contributed by atoms with Gasteiger partial charge in [0.25, 0.3) is 5.56 Å². The van der Waals surface area contributed by atoms with Crippen molar-refractivity contribution in [3.63, 3.8) is 0 Å². The normalized spacial score (nSPS) is 17.9. The molecule has 0 aliphatic carbocycles. The van der Waals surface area contributed by atoms with Crippen LogP contribution in [-0.4, -0.2) is 49.3 Å². The minimum absolute atomic E-state index is 0.0466. The van der Waals surface area contributed by atoms with Crippen LogP contribution in [0.4, 0.5) is 0 Å². The summed E-state index contributed by atoms with van der Waals surface area (Å²) in [4.78, 5) is 18.7. The van der Waals surface area contributed by atoms with Gasteiger partial charge in [0.15, 0.2) is 5.82 Å². The molecule has 0 saturated carbocycles. The third-order valence-electron chi connectivity index (χ3n) is 6.62. The maximum Gasteiger partial charge on any atom is 0.252 e. The average Bonchev–Trinajstić information content (AvgIpc) is 3.41. The summed E-state index contributed by atoms with van der Waals surface area (Å²) in [5.41, 5.74) is 3.62. The molecule has 1 saturated heterocycles. The van der Waals surface area contributed by atoms with E-state index in [1.165, 1.54) is 5.56 Å². The number of tetrazole rings is 1. The molecule has 0 bridgehead atoms. The number of rotatable bonds is 7. The Hall–Kier alpha value is -2.58. The minimum Gasteiger partial charge on any atom is -0.377 e. The molecule has 1 aromatic carbocycles. The Kier molecular flexibility index (Phi) is 6.92. The van der Waals surface area contributed by atoms with Gasteiger partial charge in [-0.15, -0.1) is 5.10 Å². The molecular weight excluding hydrogens is 428 g/mol. The molecule has 4 rings (SSSR count). The Labute approximate surface area is 201 Å². The van der Waals surface area contributed by atoms with E-state index in [1.54, 1.807) is 0 Å². The van der Waals surface area contributed by atoms with Crippen LogP contribution < -0.4 is 5.56 Å². The van der Waals surface area contributed by atoms with E-state index < -0.39 is 0 Å². The van der Waals surface area contributed by atoms with Crippen LogP contribution in [0.3, 0.4) is 0 Å². The van der Waals surface area contributed by atoms with Crippen LogP contribution in [0.1, 0.15) is 76.0 Å². The maximum atomic E-state index is 13.2. The summed E-state index contributed by atoms with van der Waals surface area (Å²) < 4.78 is 7.93. The number of hydrogen-bond donors (Lipinski definition) is 1. The fourth-order valence-corrected chi connectivity index (χ4v) is 5.13. The number of fused-ring (bicyclic) bond motifs is 1. The zero-order chi connectivity index (χ0) is 24.6. The Morgan fingerprint density at radius 2 is 2.00 bits per heavy atom. The van der Waals surface area contributed by atoms with E-state index in [2.05, 4.69) is 79.1 Å². The van der Waals surface area contributed by atoms with Crippen molar-refractivity contribution in [2.75, 3.05) is 13.2 Å². The van der Waals surface area contributed by atoms with Gasteiger partial charge in [0.05, 0.1) is 23.2 Å². The highest BCUT2D eigenvalue weighted by Crippen LogP contribution is 2.32. The lowest BCUT2D eigenvalue weighted by molar-refractivity contribution is 0.0371. The van der Waals surface area contributed by atoms with Gasteiger partial charge in [-0.2, -0.15) is 0 Å². The molecule has 1 aliphatic heterocycles. The molecule has 2 atom stereocenters. The van der Waals surface area contributed by atoms with Crippen molar-refractivity contribution in [1.29, 1.82) is 0 Å². The van der Waals surface area contributed by atoms with E-state index in [1.807, 2.05) is 17.7 Å². The summed E-state index contributed by atoms with van der Waals surface area (Å²) in [6.07, 6.45) is 2.24. The minimum atomic E-state index is -0.253. The number of aromatic amines is 1. The van der Waals surface area contributed by atoms with Gasteiger partial charge in [-0.25, -0.2) is 4.68 Å². The summed E-state index contributed by atoms with van der Waals surface area (Å²) in [7, 11) is 0. The fourth-order valence-electron chi connectivity index (χ4n) is 5.13. The van der Waals surface area contributed by atoms with E-state index in [9.17, 15) is 4.79 Å². The van der Waals surface area contributed by atoms with Crippen molar-refractivity contribution in [3.05, 3.63) is 51.1 Å². The molecule has 3 aromatic rings. The molecule has 0 spiro atoms. The Morgan fingerprint density at radius 1 is 1.24 bits per heavy atom. The highest BCUT2D eigenvalue weighted by atomic mass is 16.5. The van der Waals surface area contributed by atoms with E-state index in [0.29, 0.717) is 6.54 Å². The smallest absolute Gasteiger partial charge is 0.252 e. The molecule has 184 valence electrons. The quantitative estimate of drug-likeness (QED) is 0.560. The van der Waals surface area contributed by atoms with E-state index >= 15 is 0 Å². The SMILES string of the molecule is Cc1cc(C)c2[nH]c(=O)c(CN(C[C@H]3CCCO3)[C@H](c3nnnn3C(C)(C)C)C(C)C)cc2c1. The van der Waals surface area contributed by atoms with Crippen molar-refractivity contribution in [3.8, 4) is 0 Å². The van der Waals surface area contributed by atoms with Gasteiger partial charge in [0.1, 0.15) is 0 Å². The van der Waals surface area contributed by atoms with Crippen LogP contribution >= 0.6 is 0 Å². The number of nitrogens with one attached hydrogen (secondary N) is 1. The number of aryl methyl sites for hydroxylation is 2. The first-order valence-electron chi connectivity index (χ1n) is 12.3. The van der Waals surface area contributed by atoms with Crippen molar-refractivity contribution in [2.45, 2.75) is 85.5 Å². The number of pyridine rings is 1. The van der Waals surface area contributed by atoms with E-state index in [-0.39, 0.29) is 29.2 Å². The van der Waals surface area contributed by atoms with Crippen molar-refractivity contribution in [2.24, 2.45) is 5.92 Å². The fraction of sp³-hybridized carbons (Fsp3) is 0.615. The first kappa shape index (κ1) is 24.5. The molecular formula is C26H38N6O2. The largest absolute Gasteiger partial charge is 0.377 e. The molecule has 1 aliphatic rings. The molecule has 1 N–H and O–H groups in total. The van der Waals surface area contributed by atoms with Crippen molar-refractivity contribution in [1.82, 2.24) is 30.1 Å². The first-order chi connectivity index (χ1) is 16.0. The van der Waals surface area contributed by atoms with E-state index in [4.69, 9.17) is 4.74 Å². The number of ether oxygens (including phenoxy) is 1. The first-order valence-corrected chi connectivity index (χ1v) is 12.3. The van der Waals surface area contributed by atoms with E-state index in [0.717, 1.165) is 53.8 Å². The molecule has 0 amide bonds. The zero-order valence-electron chi connectivity index (χ0n) is 21.6. The third-order valence-corrected chi connectivity index (χ3v) is 6.62. The highest BCUT2D eigenvalue weighted by Gasteiger charge is 2.34. The Bertz CT molecular complexity index is 1200. The molecule has 0 unspecified atom stereocenters. The topological polar surface area (TPSA) is 88.9 Å². The van der Waals surface area contributed by atoms with Gasteiger partial charge in [-0.1, -0.05) is 25.5 Å². The summed E-state index contributed by atoms with van der Waals surface area (Å²) >= 11 is 0. The van der Waals surface area contributed by atoms with Crippen molar-refractivity contribution < 1.29 is 4.74 Å². The predicted octanol–water partition coefficient (Wildman–Crippen LogP) is 4.26. The number of nitrogens with zero attached hydrogens (tertiary/aromatic N) is 5. The van der Waals surface area contributed by atoms with Crippen LogP contribution in [0.2, 0.25) is 0 Å². The van der Waals surface area contributed by atoms with Crippen LogP contribution in [0.15, 0.2) is 23.0 Å². The van der Waals surface area contributed by atoms with Crippen LogP contribution in [0.25, 0.3) is 10.9 Å². The maximum absolute atomic E-state index is 13.2. The summed E-state index contributed by atoms with van der Waals surface area (Å²) in [5.74, 6) is 1.06. The molecule has 1 fully saturated rings. The predicted molar refractivity (Wildman–Crippen MR) is 134 cm³/mol. The van der Waals surface area contributed by atoms with Gasteiger partial charge in [-0.3, -0.25) is 9.69 Å². The molecule has 3 heterocycles. The third kappa shape index (κ3) is 5.08. The monoisotopic (exact) mass is 466 g/mol. The summed E-state index contributed by atoms with van der Waals surface area (Å²) in [6.45, 7) is 16.8. The molecule has 2 aromatic heterocycles. The Balaban J connectivity index is 1.77. The summed E-state index contributed by atoms with van der Waals surface area (Å²) in [5, 5.41) is 13.9. The lowest BCUT2D eigenvalue weighted by atomic mass is 9.98. The Morgan fingerprint density at radius 3 is 2.65 bits per heavy atom. The van der Waals surface area contributed by atoms with Crippen LogP contribution in [0, 0.1) is 19.8 Å². The lowest BCUT2D eigenvalue weighted by Gasteiger charge is -2.36. The second kappa shape index (κ2) is 9.58. The van der Waals surface area contributed by atoms with Crippen LogP contribution in [0.5, 0.6) is 0 Å². The molecule has 8 heteroatoms. The van der Waals surface area contributed by atoms with Gasteiger partial charge in [-0.05, 0) is 86.9 Å². The second-order valence-electron chi connectivity index (χ2n) is 11.0. The zero-order valence-corrected chi connectivity index (χ0v) is 21.6.